The number of amides is 1. The first kappa shape index (κ1) is 23.3. The minimum absolute atomic E-state index is 0.210. The molecular weight excluding hydrogens is 482 g/mol. The molecule has 178 valence electrons. The molecule has 5 rings (SSSR count). The van der Waals surface area contributed by atoms with Crippen LogP contribution in [0.4, 0.5) is 5.13 Å². The van der Waals surface area contributed by atoms with E-state index in [-0.39, 0.29) is 5.91 Å². The van der Waals surface area contributed by atoms with Crippen LogP contribution >= 0.6 is 22.9 Å². The van der Waals surface area contributed by atoms with Crippen LogP contribution in [0.5, 0.6) is 0 Å². The van der Waals surface area contributed by atoms with Crippen molar-refractivity contribution in [1.29, 1.82) is 0 Å². The van der Waals surface area contributed by atoms with Crippen molar-refractivity contribution in [3.63, 3.8) is 0 Å². The Balaban J connectivity index is 1.56. The summed E-state index contributed by atoms with van der Waals surface area (Å²) >= 11 is 7.95. The van der Waals surface area contributed by atoms with Crippen LogP contribution in [0, 0.1) is 20.8 Å². The molecule has 0 N–H and O–H groups in total. The average molecular weight is 506 g/mol. The van der Waals surface area contributed by atoms with Gasteiger partial charge in [-0.1, -0.05) is 52.4 Å². The zero-order chi connectivity index (χ0) is 24.5. The Hall–Kier alpha value is -3.49. The molecule has 3 heterocycles. The zero-order valence-electron chi connectivity index (χ0n) is 19.7. The molecule has 0 spiro atoms. The van der Waals surface area contributed by atoms with Crippen molar-refractivity contribution >= 4 is 44.2 Å². The van der Waals surface area contributed by atoms with Gasteiger partial charge in [-0.3, -0.25) is 9.69 Å². The molecule has 0 unspecified atom stereocenters. The summed E-state index contributed by atoms with van der Waals surface area (Å²) in [6.07, 6.45) is 6.16. The Morgan fingerprint density at radius 1 is 1.17 bits per heavy atom. The number of aryl methyl sites for hydroxylation is 4. The van der Waals surface area contributed by atoms with Gasteiger partial charge in [0.25, 0.3) is 5.91 Å². The number of aromatic nitrogens is 4. The molecule has 0 atom stereocenters. The molecule has 35 heavy (non-hydrogen) atoms. The highest BCUT2D eigenvalue weighted by Crippen LogP contribution is 2.36. The van der Waals surface area contributed by atoms with E-state index in [2.05, 4.69) is 36.1 Å². The summed E-state index contributed by atoms with van der Waals surface area (Å²) in [6.45, 7) is 7.08. The molecule has 0 saturated carbocycles. The fourth-order valence-corrected chi connectivity index (χ4v) is 5.32. The molecule has 7 nitrogen and oxygen atoms in total. The van der Waals surface area contributed by atoms with Gasteiger partial charge in [0, 0.05) is 31.0 Å². The number of fused-ring (bicyclic) bond motifs is 1. The molecule has 1 amide bonds. The van der Waals surface area contributed by atoms with Gasteiger partial charge in [0.2, 0.25) is 0 Å². The SMILES string of the molecule is Cc1ccc2sc(N(CCCn3ccnc3)C(=O)c3c(-c4ccccc4Cl)noc3C)nc2c1C. The van der Waals surface area contributed by atoms with E-state index in [4.69, 9.17) is 21.1 Å². The van der Waals surface area contributed by atoms with Gasteiger partial charge in [-0.2, -0.15) is 0 Å². The first-order valence-electron chi connectivity index (χ1n) is 11.3. The largest absolute Gasteiger partial charge is 0.360 e. The number of anilines is 1. The Morgan fingerprint density at radius 3 is 2.77 bits per heavy atom. The van der Waals surface area contributed by atoms with Crippen LogP contribution in [-0.4, -0.2) is 32.1 Å². The van der Waals surface area contributed by atoms with Gasteiger partial charge in [0.15, 0.2) is 5.13 Å². The van der Waals surface area contributed by atoms with E-state index < -0.39 is 0 Å². The van der Waals surface area contributed by atoms with Crippen molar-refractivity contribution in [3.8, 4) is 11.3 Å². The number of carbonyl (C=O) groups excluding carboxylic acids is 1. The molecule has 0 radical (unpaired) electrons. The first-order valence-corrected chi connectivity index (χ1v) is 12.5. The fourth-order valence-electron chi connectivity index (χ4n) is 4.04. The lowest BCUT2D eigenvalue weighted by Crippen LogP contribution is -2.33. The Morgan fingerprint density at radius 2 is 2.00 bits per heavy atom. The highest BCUT2D eigenvalue weighted by Gasteiger charge is 2.29. The highest BCUT2D eigenvalue weighted by atomic mass is 35.5. The second kappa shape index (κ2) is 9.64. The maximum absolute atomic E-state index is 14.1. The van der Waals surface area contributed by atoms with Crippen molar-refractivity contribution in [2.24, 2.45) is 0 Å². The van der Waals surface area contributed by atoms with Gasteiger partial charge >= 0.3 is 0 Å². The van der Waals surface area contributed by atoms with E-state index in [9.17, 15) is 4.79 Å². The van der Waals surface area contributed by atoms with E-state index in [0.717, 1.165) is 28.7 Å². The third kappa shape index (κ3) is 4.47. The number of imidazole rings is 1. The third-order valence-corrected chi connectivity index (χ3v) is 7.49. The van der Waals surface area contributed by atoms with Crippen molar-refractivity contribution in [1.82, 2.24) is 19.7 Å². The Kier molecular flexibility index (Phi) is 6.40. The number of benzene rings is 2. The molecule has 2 aromatic carbocycles. The van der Waals surface area contributed by atoms with Crippen molar-refractivity contribution in [2.75, 3.05) is 11.4 Å². The van der Waals surface area contributed by atoms with Crippen LogP contribution in [0.2, 0.25) is 5.02 Å². The number of thiazole rings is 1. The number of halogens is 1. The summed E-state index contributed by atoms with van der Waals surface area (Å²) in [6, 6.07) is 11.5. The minimum Gasteiger partial charge on any atom is -0.360 e. The molecule has 0 bridgehead atoms. The van der Waals surface area contributed by atoms with Crippen LogP contribution in [0.15, 0.2) is 59.6 Å². The number of carbonyl (C=O) groups is 1. The number of hydrogen-bond acceptors (Lipinski definition) is 6. The maximum atomic E-state index is 14.1. The predicted molar refractivity (Wildman–Crippen MR) is 139 cm³/mol. The molecule has 3 aromatic heterocycles. The monoisotopic (exact) mass is 505 g/mol. The predicted octanol–water partition coefficient (Wildman–Crippen LogP) is 6.46. The fraction of sp³-hybridized carbons (Fsp3) is 0.231. The van der Waals surface area contributed by atoms with Crippen LogP contribution < -0.4 is 4.90 Å². The lowest BCUT2D eigenvalue weighted by atomic mass is 10.1. The summed E-state index contributed by atoms with van der Waals surface area (Å²) in [5.41, 5.74) is 4.70. The summed E-state index contributed by atoms with van der Waals surface area (Å²) in [5.74, 6) is 0.232. The summed E-state index contributed by atoms with van der Waals surface area (Å²) in [4.78, 5) is 24.8. The standard InChI is InChI=1S/C26H24ClN5O2S/c1-16-9-10-21-23(17(16)2)29-26(35-21)32(13-6-12-31-14-11-28-15-31)25(33)22-18(3)34-30-24(22)19-7-4-5-8-20(19)27/h4-5,7-11,14-15H,6,12-13H2,1-3H3. The molecule has 0 saturated heterocycles. The van der Waals surface area contributed by atoms with Gasteiger partial charge in [-0.05, 0) is 50.5 Å². The van der Waals surface area contributed by atoms with E-state index >= 15 is 0 Å². The van der Waals surface area contributed by atoms with Crippen LogP contribution in [0.3, 0.4) is 0 Å². The van der Waals surface area contributed by atoms with Crippen LogP contribution in [-0.2, 0) is 6.54 Å². The lowest BCUT2D eigenvalue weighted by Gasteiger charge is -2.20. The smallest absolute Gasteiger partial charge is 0.265 e. The normalized spacial score (nSPS) is 11.3. The van der Waals surface area contributed by atoms with Crippen LogP contribution in [0.25, 0.3) is 21.5 Å². The number of rotatable bonds is 7. The topological polar surface area (TPSA) is 77.0 Å². The van der Waals surface area contributed by atoms with E-state index in [1.54, 1.807) is 30.4 Å². The van der Waals surface area contributed by atoms with Gasteiger partial charge < -0.3 is 9.09 Å². The number of nitrogens with zero attached hydrogens (tertiary/aromatic N) is 5. The summed E-state index contributed by atoms with van der Waals surface area (Å²) in [5, 5.41) is 5.35. The quantitative estimate of drug-likeness (QED) is 0.253. The van der Waals surface area contributed by atoms with Gasteiger partial charge in [0.05, 0.1) is 21.6 Å². The molecule has 9 heteroatoms. The number of hydrogen-bond donors (Lipinski definition) is 0. The average Bonchev–Trinajstić information content (AvgIpc) is 3.59. The third-order valence-electron chi connectivity index (χ3n) is 6.11. The Labute approximate surface area is 212 Å². The first-order chi connectivity index (χ1) is 16.9. The molecule has 0 aliphatic rings. The molecular formula is C26H24ClN5O2S. The summed E-state index contributed by atoms with van der Waals surface area (Å²) < 4.78 is 8.52. The van der Waals surface area contributed by atoms with Crippen LogP contribution in [0.1, 0.15) is 33.7 Å². The van der Waals surface area contributed by atoms with E-state index in [0.29, 0.717) is 39.3 Å². The van der Waals surface area contributed by atoms with Gasteiger partial charge in [-0.15, -0.1) is 0 Å². The molecule has 0 fully saturated rings. The molecule has 5 aromatic rings. The van der Waals surface area contributed by atoms with Gasteiger partial charge in [0.1, 0.15) is 17.0 Å². The van der Waals surface area contributed by atoms with E-state index in [1.165, 1.54) is 16.9 Å². The van der Waals surface area contributed by atoms with Crippen molar-refractivity contribution in [3.05, 3.63) is 82.6 Å². The highest BCUT2D eigenvalue weighted by molar-refractivity contribution is 7.22. The molecule has 0 aliphatic carbocycles. The maximum Gasteiger partial charge on any atom is 0.265 e. The Bertz CT molecular complexity index is 1510. The minimum atomic E-state index is -0.210. The lowest BCUT2D eigenvalue weighted by molar-refractivity contribution is 0.0985. The zero-order valence-corrected chi connectivity index (χ0v) is 21.2. The second-order valence-corrected chi connectivity index (χ2v) is 9.82. The summed E-state index contributed by atoms with van der Waals surface area (Å²) in [7, 11) is 0. The van der Waals surface area contributed by atoms with E-state index in [1.807, 2.05) is 29.0 Å². The van der Waals surface area contributed by atoms with Crippen molar-refractivity contribution < 1.29 is 9.32 Å². The van der Waals surface area contributed by atoms with Gasteiger partial charge in [-0.25, -0.2) is 9.97 Å². The molecule has 0 aliphatic heterocycles. The van der Waals surface area contributed by atoms with Crippen molar-refractivity contribution in [2.45, 2.75) is 33.7 Å². The second-order valence-electron chi connectivity index (χ2n) is 8.40.